The van der Waals surface area contributed by atoms with E-state index in [2.05, 4.69) is 15.1 Å². The lowest BCUT2D eigenvalue weighted by Gasteiger charge is -2.15. The van der Waals surface area contributed by atoms with Crippen molar-refractivity contribution in [2.45, 2.75) is 18.9 Å². The van der Waals surface area contributed by atoms with Crippen molar-refractivity contribution in [3.63, 3.8) is 0 Å². The van der Waals surface area contributed by atoms with Crippen LogP contribution >= 0.6 is 0 Å². The molecule has 0 fully saturated rings. The number of aromatic nitrogens is 4. The summed E-state index contributed by atoms with van der Waals surface area (Å²) in [6, 6.07) is 9.43. The molecule has 2 unspecified atom stereocenters. The first-order valence-electron chi connectivity index (χ1n) is 6.71. The first-order chi connectivity index (χ1) is 10.2. The molecule has 2 atom stereocenters. The van der Waals surface area contributed by atoms with Crippen LogP contribution in [-0.4, -0.2) is 24.8 Å². The molecule has 21 heavy (non-hydrogen) atoms. The fourth-order valence-corrected chi connectivity index (χ4v) is 2.17. The van der Waals surface area contributed by atoms with Crippen molar-refractivity contribution < 1.29 is 9.63 Å². The van der Waals surface area contributed by atoms with Crippen molar-refractivity contribution in [2.24, 2.45) is 7.05 Å². The molecule has 0 saturated carbocycles. The maximum Gasteiger partial charge on any atom is 0.238 e. The van der Waals surface area contributed by atoms with Crippen LogP contribution in [-0.2, 0) is 7.05 Å². The van der Waals surface area contributed by atoms with Gasteiger partial charge in [-0.05, 0) is 5.56 Å². The average Bonchev–Trinajstić information content (AvgIpc) is 3.15. The summed E-state index contributed by atoms with van der Waals surface area (Å²) in [5.74, 6) is 1.15. The van der Waals surface area contributed by atoms with Gasteiger partial charge in [-0.2, -0.15) is 4.98 Å². The molecule has 0 spiro atoms. The van der Waals surface area contributed by atoms with Gasteiger partial charge in [0.1, 0.15) is 0 Å². The van der Waals surface area contributed by atoms with Gasteiger partial charge in [0.05, 0.1) is 12.0 Å². The topological polar surface area (TPSA) is 77.0 Å². The zero-order valence-electron chi connectivity index (χ0n) is 11.8. The van der Waals surface area contributed by atoms with Crippen LogP contribution in [0.2, 0.25) is 0 Å². The molecule has 0 aliphatic rings. The zero-order valence-corrected chi connectivity index (χ0v) is 11.8. The van der Waals surface area contributed by atoms with Crippen LogP contribution in [0.1, 0.15) is 30.4 Å². The Kier molecular flexibility index (Phi) is 3.53. The molecule has 2 aromatic heterocycles. The lowest BCUT2D eigenvalue weighted by molar-refractivity contribution is 0.135. The number of hydrogen-bond donors (Lipinski definition) is 1. The molecule has 2 heterocycles. The molecule has 1 N–H and O–H groups in total. The summed E-state index contributed by atoms with van der Waals surface area (Å²) in [5, 5.41) is 14.3. The Morgan fingerprint density at radius 1 is 1.24 bits per heavy atom. The van der Waals surface area contributed by atoms with Crippen molar-refractivity contribution in [3.05, 3.63) is 54.2 Å². The van der Waals surface area contributed by atoms with Crippen molar-refractivity contribution >= 4 is 0 Å². The molecule has 1 aromatic carbocycles. The molecule has 6 nitrogen and oxygen atoms in total. The van der Waals surface area contributed by atoms with Gasteiger partial charge in [-0.25, -0.2) is 4.98 Å². The van der Waals surface area contributed by atoms with Crippen molar-refractivity contribution in [1.29, 1.82) is 0 Å². The summed E-state index contributed by atoms with van der Waals surface area (Å²) in [6.07, 6.45) is 2.79. The van der Waals surface area contributed by atoms with Crippen LogP contribution in [0.25, 0.3) is 11.6 Å². The number of aliphatic hydroxyl groups excluding tert-OH is 1. The number of aryl methyl sites for hydroxylation is 1. The van der Waals surface area contributed by atoms with Crippen LogP contribution in [0, 0.1) is 0 Å². The molecule has 0 bridgehead atoms. The van der Waals surface area contributed by atoms with Gasteiger partial charge in [-0.1, -0.05) is 42.4 Å². The highest BCUT2D eigenvalue weighted by atomic mass is 16.5. The zero-order chi connectivity index (χ0) is 14.8. The van der Waals surface area contributed by atoms with E-state index in [-0.39, 0.29) is 5.92 Å². The average molecular weight is 284 g/mol. The second-order valence-electron chi connectivity index (χ2n) is 4.96. The lowest BCUT2D eigenvalue weighted by Crippen LogP contribution is -2.08. The van der Waals surface area contributed by atoms with Crippen LogP contribution < -0.4 is 0 Å². The van der Waals surface area contributed by atoms with Crippen molar-refractivity contribution in [3.8, 4) is 11.6 Å². The number of hydrogen-bond acceptors (Lipinski definition) is 5. The normalized spacial score (nSPS) is 14.0. The van der Waals surface area contributed by atoms with Gasteiger partial charge in [0.25, 0.3) is 0 Å². The number of benzene rings is 1. The highest BCUT2D eigenvalue weighted by Gasteiger charge is 2.24. The summed E-state index contributed by atoms with van der Waals surface area (Å²) < 4.78 is 7.09. The smallest absolute Gasteiger partial charge is 0.238 e. The molecule has 0 aliphatic heterocycles. The Morgan fingerprint density at radius 2 is 2.00 bits per heavy atom. The van der Waals surface area contributed by atoms with E-state index < -0.39 is 6.10 Å². The van der Waals surface area contributed by atoms with Gasteiger partial charge in [0.2, 0.25) is 11.7 Å². The molecular weight excluding hydrogens is 268 g/mol. The van der Waals surface area contributed by atoms with Gasteiger partial charge in [-0.3, -0.25) is 0 Å². The summed E-state index contributed by atoms with van der Waals surface area (Å²) in [4.78, 5) is 8.52. The van der Waals surface area contributed by atoms with Crippen LogP contribution in [0.5, 0.6) is 0 Å². The van der Waals surface area contributed by atoms with Crippen molar-refractivity contribution in [1.82, 2.24) is 19.7 Å². The Hall–Kier alpha value is -2.47. The molecule has 3 rings (SSSR count). The Labute approximate surface area is 122 Å². The summed E-state index contributed by atoms with van der Waals surface area (Å²) in [5.41, 5.74) is 0.821. The van der Waals surface area contributed by atoms with Gasteiger partial charge in [-0.15, -0.1) is 0 Å². The van der Waals surface area contributed by atoms with Crippen molar-refractivity contribution in [2.75, 3.05) is 0 Å². The SMILES string of the molecule is CC(c1nc(-c2nccn2C)no1)C(O)c1ccccc1. The van der Waals surface area contributed by atoms with Gasteiger partial charge >= 0.3 is 0 Å². The van der Waals surface area contributed by atoms with E-state index in [1.165, 1.54) is 0 Å². The van der Waals surface area contributed by atoms with Crippen LogP contribution in [0.4, 0.5) is 0 Å². The third-order valence-electron chi connectivity index (χ3n) is 3.47. The fraction of sp³-hybridized carbons (Fsp3) is 0.267. The van der Waals surface area contributed by atoms with Gasteiger partial charge in [0, 0.05) is 19.4 Å². The second kappa shape index (κ2) is 5.49. The minimum Gasteiger partial charge on any atom is -0.388 e. The Morgan fingerprint density at radius 3 is 2.67 bits per heavy atom. The number of imidazole rings is 1. The summed E-state index contributed by atoms with van der Waals surface area (Å²) in [7, 11) is 1.86. The number of nitrogens with zero attached hydrogens (tertiary/aromatic N) is 4. The van der Waals surface area contributed by atoms with E-state index in [1.54, 1.807) is 6.20 Å². The van der Waals surface area contributed by atoms with E-state index in [0.29, 0.717) is 17.5 Å². The van der Waals surface area contributed by atoms with E-state index in [1.807, 2.05) is 55.1 Å². The molecule has 0 saturated heterocycles. The standard InChI is InChI=1S/C15H16N4O2/c1-10(12(20)11-6-4-3-5-7-11)15-17-13(18-21-15)14-16-8-9-19(14)2/h3-10,12,20H,1-2H3. The maximum absolute atomic E-state index is 10.4. The predicted molar refractivity (Wildman–Crippen MR) is 76.3 cm³/mol. The fourth-order valence-electron chi connectivity index (χ4n) is 2.17. The van der Waals surface area contributed by atoms with E-state index in [9.17, 15) is 5.11 Å². The molecular formula is C15H16N4O2. The maximum atomic E-state index is 10.4. The number of aliphatic hydroxyl groups is 1. The van der Waals surface area contributed by atoms with E-state index in [0.717, 1.165) is 5.56 Å². The van der Waals surface area contributed by atoms with Gasteiger partial charge < -0.3 is 14.2 Å². The minimum atomic E-state index is -0.694. The third-order valence-corrected chi connectivity index (χ3v) is 3.47. The lowest BCUT2D eigenvalue weighted by atomic mass is 9.97. The molecule has 3 aromatic rings. The van der Waals surface area contributed by atoms with E-state index >= 15 is 0 Å². The first kappa shape index (κ1) is 13.5. The number of rotatable bonds is 4. The van der Waals surface area contributed by atoms with Crippen LogP contribution in [0.15, 0.2) is 47.2 Å². The second-order valence-corrected chi connectivity index (χ2v) is 4.96. The monoisotopic (exact) mass is 284 g/mol. The molecule has 0 amide bonds. The summed E-state index contributed by atoms with van der Waals surface area (Å²) >= 11 is 0. The van der Waals surface area contributed by atoms with Crippen LogP contribution in [0.3, 0.4) is 0 Å². The molecule has 0 radical (unpaired) electrons. The van der Waals surface area contributed by atoms with Gasteiger partial charge in [0.15, 0.2) is 5.82 Å². The third kappa shape index (κ3) is 2.57. The van der Waals surface area contributed by atoms with E-state index in [4.69, 9.17) is 4.52 Å². The molecule has 6 heteroatoms. The highest BCUT2D eigenvalue weighted by molar-refractivity contribution is 5.42. The Bertz CT molecular complexity index is 720. The minimum absolute atomic E-state index is 0.297. The predicted octanol–water partition coefficient (Wildman–Crippen LogP) is 2.31. The largest absolute Gasteiger partial charge is 0.388 e. The first-order valence-corrected chi connectivity index (χ1v) is 6.71. The molecule has 0 aliphatic carbocycles. The molecule has 108 valence electrons. The Balaban J connectivity index is 1.85. The highest BCUT2D eigenvalue weighted by Crippen LogP contribution is 2.30. The summed E-state index contributed by atoms with van der Waals surface area (Å²) in [6.45, 7) is 1.85. The quantitative estimate of drug-likeness (QED) is 0.795.